The van der Waals surface area contributed by atoms with E-state index in [2.05, 4.69) is 28.3 Å². The van der Waals surface area contributed by atoms with Gasteiger partial charge in [-0.3, -0.25) is 9.59 Å². The Hall–Kier alpha value is -2.27. The summed E-state index contributed by atoms with van der Waals surface area (Å²) in [5, 5.41) is 2.94. The van der Waals surface area contributed by atoms with Crippen LogP contribution in [0.4, 0.5) is 0 Å². The van der Waals surface area contributed by atoms with Crippen molar-refractivity contribution >= 4 is 17.5 Å². The first-order valence-corrected chi connectivity index (χ1v) is 9.70. The van der Waals surface area contributed by atoms with Crippen molar-refractivity contribution in [2.75, 3.05) is 26.7 Å². The van der Waals surface area contributed by atoms with Gasteiger partial charge < -0.3 is 10.2 Å². The van der Waals surface area contributed by atoms with Crippen LogP contribution in [-0.4, -0.2) is 49.1 Å². The van der Waals surface area contributed by atoms with E-state index in [0.29, 0.717) is 11.5 Å². The molecule has 0 bridgehead atoms. The number of benzene rings is 1. The summed E-state index contributed by atoms with van der Waals surface area (Å²) in [6.07, 6.45) is 4.16. The summed E-state index contributed by atoms with van der Waals surface area (Å²) >= 11 is 0. The molecule has 0 spiro atoms. The second kappa shape index (κ2) is 8.17. The van der Waals surface area contributed by atoms with E-state index >= 15 is 0 Å². The van der Waals surface area contributed by atoms with Crippen LogP contribution in [0.2, 0.25) is 0 Å². The number of carbonyl (C=O) groups excluding carboxylic acids is 2. The maximum absolute atomic E-state index is 12.8. The molecule has 1 N–H and O–H groups in total. The Balaban J connectivity index is 1.69. The monoisotopic (exact) mass is 367 g/mol. The second-order valence-corrected chi connectivity index (χ2v) is 7.84. The Morgan fingerprint density at radius 2 is 1.93 bits per heavy atom. The highest BCUT2D eigenvalue weighted by atomic mass is 16.2. The molecule has 2 amide bonds. The van der Waals surface area contributed by atoms with Gasteiger partial charge in [0.2, 0.25) is 0 Å². The van der Waals surface area contributed by atoms with E-state index in [1.807, 2.05) is 39.0 Å². The molecule has 1 atom stereocenters. The average Bonchev–Trinajstić information content (AvgIpc) is 2.61. The van der Waals surface area contributed by atoms with E-state index in [1.54, 1.807) is 0 Å². The van der Waals surface area contributed by atoms with Gasteiger partial charge in [-0.1, -0.05) is 17.7 Å². The SMILES string of the molecule is CC1=CC(C)=NC(=O)C1CNC(=O)c1cccc(C2CCN(C)CC2)c1C. The molecule has 3 rings (SSSR count). The Labute approximate surface area is 161 Å². The largest absolute Gasteiger partial charge is 0.351 e. The molecule has 1 fully saturated rings. The minimum Gasteiger partial charge on any atom is -0.351 e. The molecule has 5 nitrogen and oxygen atoms in total. The van der Waals surface area contributed by atoms with Crippen LogP contribution in [0.1, 0.15) is 54.1 Å². The lowest BCUT2D eigenvalue weighted by molar-refractivity contribution is -0.120. The standard InChI is InChI=1S/C22H29N3O2/c1-14-12-15(2)24-22(27)20(14)13-23-21(26)19-7-5-6-18(16(19)3)17-8-10-25(4)11-9-17/h5-7,12,17,20H,8-11,13H2,1-4H3,(H,23,26). The van der Waals surface area contributed by atoms with E-state index < -0.39 is 0 Å². The van der Waals surface area contributed by atoms with Crippen molar-refractivity contribution in [2.45, 2.75) is 39.5 Å². The zero-order chi connectivity index (χ0) is 19.6. The van der Waals surface area contributed by atoms with Crippen molar-refractivity contribution in [1.29, 1.82) is 0 Å². The molecule has 0 aliphatic carbocycles. The van der Waals surface area contributed by atoms with Gasteiger partial charge in [0.15, 0.2) is 0 Å². The van der Waals surface area contributed by atoms with Gasteiger partial charge in [0, 0.05) is 17.8 Å². The number of nitrogens with one attached hydrogen (secondary N) is 1. The van der Waals surface area contributed by atoms with Crippen LogP contribution in [0.15, 0.2) is 34.8 Å². The third-order valence-electron chi connectivity index (χ3n) is 5.82. The highest BCUT2D eigenvalue weighted by Gasteiger charge is 2.25. The normalized spacial score (nSPS) is 21.6. The molecule has 1 saturated heterocycles. The van der Waals surface area contributed by atoms with E-state index in [-0.39, 0.29) is 24.3 Å². The van der Waals surface area contributed by atoms with Gasteiger partial charge in [-0.15, -0.1) is 0 Å². The van der Waals surface area contributed by atoms with Crippen molar-refractivity contribution in [3.8, 4) is 0 Å². The van der Waals surface area contributed by atoms with Crippen LogP contribution in [0.25, 0.3) is 0 Å². The molecule has 2 heterocycles. The third-order valence-corrected chi connectivity index (χ3v) is 5.82. The average molecular weight is 367 g/mol. The summed E-state index contributed by atoms with van der Waals surface area (Å²) in [5.41, 5.74) is 4.71. The maximum Gasteiger partial charge on any atom is 0.254 e. The fourth-order valence-electron chi connectivity index (χ4n) is 4.11. The van der Waals surface area contributed by atoms with Crippen LogP contribution in [0.5, 0.6) is 0 Å². The molecule has 0 aromatic heterocycles. The highest BCUT2D eigenvalue weighted by Crippen LogP contribution is 2.31. The molecule has 144 valence electrons. The summed E-state index contributed by atoms with van der Waals surface area (Å²) in [6.45, 7) is 8.24. The van der Waals surface area contributed by atoms with Gasteiger partial charge >= 0.3 is 0 Å². The van der Waals surface area contributed by atoms with Gasteiger partial charge in [-0.25, -0.2) is 4.99 Å². The number of likely N-dealkylation sites (tertiary alicyclic amines) is 1. The predicted octanol–water partition coefficient (Wildman–Crippen LogP) is 3.10. The van der Waals surface area contributed by atoms with Crippen LogP contribution in [0.3, 0.4) is 0 Å². The first kappa shape index (κ1) is 19.5. The third kappa shape index (κ3) is 4.35. The van der Waals surface area contributed by atoms with E-state index in [0.717, 1.165) is 42.8 Å². The fraction of sp³-hybridized carbons (Fsp3) is 0.500. The summed E-state index contributed by atoms with van der Waals surface area (Å²) < 4.78 is 0. The van der Waals surface area contributed by atoms with Crippen molar-refractivity contribution in [1.82, 2.24) is 10.2 Å². The van der Waals surface area contributed by atoms with E-state index in [9.17, 15) is 9.59 Å². The number of rotatable bonds is 4. The molecular formula is C22H29N3O2. The van der Waals surface area contributed by atoms with Gasteiger partial charge in [0.25, 0.3) is 11.8 Å². The molecule has 0 saturated carbocycles. The first-order chi connectivity index (χ1) is 12.9. The number of piperidine rings is 1. The quantitative estimate of drug-likeness (QED) is 0.889. The van der Waals surface area contributed by atoms with Crippen LogP contribution >= 0.6 is 0 Å². The Kier molecular flexibility index (Phi) is 5.90. The number of nitrogens with zero attached hydrogens (tertiary/aromatic N) is 2. The summed E-state index contributed by atoms with van der Waals surface area (Å²) in [5.74, 6) is -0.148. The van der Waals surface area contributed by atoms with Crippen LogP contribution in [0, 0.1) is 12.8 Å². The number of allylic oxidation sites excluding steroid dienone is 1. The van der Waals surface area contributed by atoms with Gasteiger partial charge in [-0.05, 0) is 82.9 Å². The Bertz CT molecular complexity index is 802. The first-order valence-electron chi connectivity index (χ1n) is 9.70. The van der Waals surface area contributed by atoms with E-state index in [4.69, 9.17) is 0 Å². The second-order valence-electron chi connectivity index (χ2n) is 7.84. The molecule has 0 radical (unpaired) electrons. The minimum atomic E-state index is -0.366. The molecule has 2 aliphatic rings. The van der Waals surface area contributed by atoms with Crippen LogP contribution in [-0.2, 0) is 4.79 Å². The Morgan fingerprint density at radius 1 is 1.22 bits per heavy atom. The van der Waals surface area contributed by atoms with Crippen molar-refractivity contribution < 1.29 is 9.59 Å². The number of dihydropyridines is 1. The number of hydrogen-bond donors (Lipinski definition) is 1. The fourth-order valence-corrected chi connectivity index (χ4v) is 4.11. The Morgan fingerprint density at radius 3 is 2.59 bits per heavy atom. The number of hydrogen-bond acceptors (Lipinski definition) is 3. The number of amides is 2. The van der Waals surface area contributed by atoms with Crippen LogP contribution < -0.4 is 5.32 Å². The maximum atomic E-state index is 12.8. The summed E-state index contributed by atoms with van der Waals surface area (Å²) in [7, 11) is 2.15. The number of carbonyl (C=O) groups is 2. The highest BCUT2D eigenvalue weighted by molar-refractivity contribution is 6.06. The molecule has 2 aliphatic heterocycles. The van der Waals surface area contributed by atoms with Crippen molar-refractivity contribution in [3.05, 3.63) is 46.5 Å². The lowest BCUT2D eigenvalue weighted by Crippen LogP contribution is -2.35. The molecule has 1 aromatic rings. The zero-order valence-corrected chi connectivity index (χ0v) is 16.7. The zero-order valence-electron chi connectivity index (χ0n) is 16.7. The lowest BCUT2D eigenvalue weighted by Gasteiger charge is -2.30. The summed E-state index contributed by atoms with van der Waals surface area (Å²) in [6, 6.07) is 5.99. The van der Waals surface area contributed by atoms with E-state index in [1.165, 1.54) is 5.56 Å². The summed E-state index contributed by atoms with van der Waals surface area (Å²) in [4.78, 5) is 31.3. The van der Waals surface area contributed by atoms with Crippen molar-refractivity contribution in [3.63, 3.8) is 0 Å². The molecule has 27 heavy (non-hydrogen) atoms. The predicted molar refractivity (Wildman–Crippen MR) is 108 cm³/mol. The smallest absolute Gasteiger partial charge is 0.254 e. The molecule has 1 unspecified atom stereocenters. The minimum absolute atomic E-state index is 0.117. The van der Waals surface area contributed by atoms with Crippen molar-refractivity contribution in [2.24, 2.45) is 10.9 Å². The molecule has 5 heteroatoms. The molecular weight excluding hydrogens is 338 g/mol. The van der Waals surface area contributed by atoms with Gasteiger partial charge in [-0.2, -0.15) is 0 Å². The lowest BCUT2D eigenvalue weighted by atomic mass is 9.85. The topological polar surface area (TPSA) is 61.8 Å². The van der Waals surface area contributed by atoms with Gasteiger partial charge in [0.1, 0.15) is 0 Å². The number of aliphatic imine (C=N–C) groups is 1. The van der Waals surface area contributed by atoms with Gasteiger partial charge in [0.05, 0.1) is 5.92 Å². The molecule has 1 aromatic carbocycles.